The van der Waals surface area contributed by atoms with Crippen LogP contribution in [0.15, 0.2) is 28.7 Å². The Morgan fingerprint density at radius 3 is 2.86 bits per heavy atom. The van der Waals surface area contributed by atoms with Crippen molar-refractivity contribution in [1.29, 1.82) is 0 Å². The predicted molar refractivity (Wildman–Crippen MR) is 84.1 cm³/mol. The fraction of sp³-hybridized carbons (Fsp3) is 0.385. The lowest BCUT2D eigenvalue weighted by Gasteiger charge is -2.10. The molecule has 0 atom stereocenters. The number of pyridine rings is 1. The van der Waals surface area contributed by atoms with Crippen molar-refractivity contribution in [2.24, 2.45) is 0 Å². The molecule has 0 aliphatic heterocycles. The first-order chi connectivity index (χ1) is 10.0. The van der Waals surface area contributed by atoms with Crippen molar-refractivity contribution in [3.05, 3.63) is 34.4 Å². The molecule has 2 N–H and O–H groups in total. The lowest BCUT2D eigenvalue weighted by atomic mass is 10.3. The molecule has 0 aromatic carbocycles. The summed E-state index contributed by atoms with van der Waals surface area (Å²) in [6, 6.07) is 3.41. The second kappa shape index (κ2) is 6.97. The van der Waals surface area contributed by atoms with Crippen LogP contribution in [0.3, 0.4) is 0 Å². The van der Waals surface area contributed by atoms with E-state index in [4.69, 9.17) is 0 Å². The van der Waals surface area contributed by atoms with Crippen molar-refractivity contribution >= 4 is 27.0 Å². The molecule has 0 bridgehead atoms. The Kier molecular flexibility index (Phi) is 5.27. The number of anilines is 1. The van der Waals surface area contributed by atoms with Gasteiger partial charge in [-0.1, -0.05) is 0 Å². The smallest absolute Gasteiger partial charge is 0.260 e. The average molecular weight is 326 g/mol. The van der Waals surface area contributed by atoms with Crippen molar-refractivity contribution in [2.75, 3.05) is 18.4 Å². The van der Waals surface area contributed by atoms with E-state index in [9.17, 15) is 8.42 Å². The van der Waals surface area contributed by atoms with Crippen LogP contribution in [-0.2, 0) is 16.4 Å². The van der Waals surface area contributed by atoms with Gasteiger partial charge in [-0.2, -0.15) is 0 Å². The Morgan fingerprint density at radius 1 is 1.38 bits per heavy atom. The van der Waals surface area contributed by atoms with Gasteiger partial charge in [0.1, 0.15) is 0 Å². The van der Waals surface area contributed by atoms with E-state index in [-0.39, 0.29) is 5.03 Å². The molecule has 6 nitrogen and oxygen atoms in total. The summed E-state index contributed by atoms with van der Waals surface area (Å²) in [5.74, 6) is 0. The molecular weight excluding hydrogens is 308 g/mol. The van der Waals surface area contributed by atoms with Crippen molar-refractivity contribution in [3.8, 4) is 0 Å². The molecule has 0 unspecified atom stereocenters. The summed E-state index contributed by atoms with van der Waals surface area (Å²) in [5.41, 5.74) is 1.41. The predicted octanol–water partition coefficient (Wildman–Crippen LogP) is 1.80. The fourth-order valence-corrected chi connectivity index (χ4v) is 3.62. The molecule has 8 heteroatoms. The van der Waals surface area contributed by atoms with E-state index < -0.39 is 10.0 Å². The van der Waals surface area contributed by atoms with Gasteiger partial charge in [-0.3, -0.25) is 0 Å². The quantitative estimate of drug-likeness (QED) is 0.810. The number of thiazole rings is 1. The Balaban J connectivity index is 2.04. The zero-order valence-electron chi connectivity index (χ0n) is 12.0. The van der Waals surface area contributed by atoms with Gasteiger partial charge >= 0.3 is 0 Å². The van der Waals surface area contributed by atoms with E-state index >= 15 is 0 Å². The lowest BCUT2D eigenvalue weighted by Crippen LogP contribution is -2.27. The topological polar surface area (TPSA) is 84.0 Å². The van der Waals surface area contributed by atoms with Crippen LogP contribution in [0.25, 0.3) is 0 Å². The van der Waals surface area contributed by atoms with Gasteiger partial charge in [0.15, 0.2) is 5.03 Å². The summed E-state index contributed by atoms with van der Waals surface area (Å²) < 4.78 is 27.1. The number of sulfonamides is 1. The third kappa shape index (κ3) is 4.23. The number of hydrogen-bond donors (Lipinski definition) is 2. The normalized spacial score (nSPS) is 11.5. The van der Waals surface area contributed by atoms with Gasteiger partial charge in [-0.05, 0) is 26.0 Å². The lowest BCUT2D eigenvalue weighted by molar-refractivity contribution is 0.578. The summed E-state index contributed by atoms with van der Waals surface area (Å²) in [6.45, 7) is 4.76. The molecule has 0 aliphatic carbocycles. The Hall–Kier alpha value is -1.51. The number of rotatable bonds is 7. The van der Waals surface area contributed by atoms with E-state index in [1.54, 1.807) is 23.5 Å². The molecule has 2 aromatic rings. The second-order valence-electron chi connectivity index (χ2n) is 4.39. The van der Waals surface area contributed by atoms with Gasteiger partial charge in [0.25, 0.3) is 10.0 Å². The van der Waals surface area contributed by atoms with Crippen LogP contribution in [-0.4, -0.2) is 31.5 Å². The number of aromatic nitrogens is 2. The fourth-order valence-electron chi connectivity index (χ4n) is 1.83. The van der Waals surface area contributed by atoms with Gasteiger partial charge in [-0.15, -0.1) is 11.3 Å². The molecule has 0 saturated carbocycles. The van der Waals surface area contributed by atoms with Crippen molar-refractivity contribution < 1.29 is 8.42 Å². The van der Waals surface area contributed by atoms with Gasteiger partial charge in [0.05, 0.1) is 16.4 Å². The highest BCUT2D eigenvalue weighted by Crippen LogP contribution is 2.17. The average Bonchev–Trinajstić information content (AvgIpc) is 2.85. The van der Waals surface area contributed by atoms with Gasteiger partial charge in [0, 0.05) is 31.1 Å². The van der Waals surface area contributed by atoms with Crippen molar-refractivity contribution in [1.82, 2.24) is 14.7 Å². The zero-order chi connectivity index (χ0) is 15.3. The third-order valence-corrected chi connectivity index (χ3v) is 4.97. The van der Waals surface area contributed by atoms with E-state index in [0.717, 1.165) is 10.7 Å². The monoisotopic (exact) mass is 326 g/mol. The highest BCUT2D eigenvalue weighted by atomic mass is 32.2. The molecule has 2 heterocycles. The molecule has 2 rings (SSSR count). The molecule has 114 valence electrons. The number of hydrogen-bond acceptors (Lipinski definition) is 6. The van der Waals surface area contributed by atoms with Gasteiger partial charge in [-0.25, -0.2) is 23.1 Å². The SMILES string of the molecule is CCNc1cccnc1S(=O)(=O)NCCc1csc(C)n1. The van der Waals surface area contributed by atoms with E-state index in [2.05, 4.69) is 20.0 Å². The Morgan fingerprint density at radius 2 is 2.19 bits per heavy atom. The van der Waals surface area contributed by atoms with E-state index in [1.807, 2.05) is 19.2 Å². The largest absolute Gasteiger partial charge is 0.383 e. The first-order valence-electron chi connectivity index (χ1n) is 6.62. The molecule has 0 spiro atoms. The second-order valence-corrected chi connectivity index (χ2v) is 7.14. The van der Waals surface area contributed by atoms with Gasteiger partial charge < -0.3 is 5.32 Å². The summed E-state index contributed by atoms with van der Waals surface area (Å²) in [7, 11) is -3.62. The zero-order valence-corrected chi connectivity index (χ0v) is 13.6. The maximum Gasteiger partial charge on any atom is 0.260 e. The minimum absolute atomic E-state index is 0.0290. The minimum Gasteiger partial charge on any atom is -0.383 e. The molecule has 0 aliphatic rings. The number of nitrogens with zero attached hydrogens (tertiary/aromatic N) is 2. The molecule has 21 heavy (non-hydrogen) atoms. The van der Waals surface area contributed by atoms with Crippen molar-refractivity contribution in [3.63, 3.8) is 0 Å². The van der Waals surface area contributed by atoms with Crippen molar-refractivity contribution in [2.45, 2.75) is 25.3 Å². The molecular formula is C13H18N4O2S2. The first-order valence-corrected chi connectivity index (χ1v) is 8.99. The summed E-state index contributed by atoms with van der Waals surface area (Å²) in [6.07, 6.45) is 2.03. The highest BCUT2D eigenvalue weighted by molar-refractivity contribution is 7.89. The first kappa shape index (κ1) is 15.9. The number of nitrogens with one attached hydrogen (secondary N) is 2. The molecule has 2 aromatic heterocycles. The Labute approximate surface area is 128 Å². The van der Waals surface area contributed by atoms with Crippen LogP contribution in [0.4, 0.5) is 5.69 Å². The van der Waals surface area contributed by atoms with Crippen LogP contribution >= 0.6 is 11.3 Å². The van der Waals surface area contributed by atoms with Crippen LogP contribution in [0.1, 0.15) is 17.6 Å². The third-order valence-electron chi connectivity index (χ3n) is 2.73. The van der Waals surface area contributed by atoms with Gasteiger partial charge in [0.2, 0.25) is 0 Å². The molecule has 0 fully saturated rings. The van der Waals surface area contributed by atoms with E-state index in [1.165, 1.54) is 6.20 Å². The maximum absolute atomic E-state index is 12.3. The minimum atomic E-state index is -3.62. The molecule has 0 radical (unpaired) electrons. The van der Waals surface area contributed by atoms with Crippen LogP contribution in [0, 0.1) is 6.92 Å². The van der Waals surface area contributed by atoms with Crippen LogP contribution in [0.2, 0.25) is 0 Å². The molecule has 0 saturated heterocycles. The summed E-state index contributed by atoms with van der Waals surface area (Å²) in [5, 5.41) is 5.95. The molecule has 0 amide bonds. The Bertz CT molecular complexity index is 698. The van der Waals surface area contributed by atoms with E-state index in [0.29, 0.717) is 25.2 Å². The van der Waals surface area contributed by atoms with Crippen LogP contribution < -0.4 is 10.0 Å². The standard InChI is InChI=1S/C13H18N4O2S2/c1-3-14-12-5-4-7-15-13(12)21(18,19)16-8-6-11-9-20-10(2)17-11/h4-5,7,9,14,16H,3,6,8H2,1-2H3. The highest BCUT2D eigenvalue weighted by Gasteiger charge is 2.19. The number of aryl methyl sites for hydroxylation is 1. The van der Waals surface area contributed by atoms with Crippen LogP contribution in [0.5, 0.6) is 0 Å². The summed E-state index contributed by atoms with van der Waals surface area (Å²) in [4.78, 5) is 8.28. The summed E-state index contributed by atoms with van der Waals surface area (Å²) >= 11 is 1.56. The maximum atomic E-state index is 12.3.